The summed E-state index contributed by atoms with van der Waals surface area (Å²) < 4.78 is 0. The van der Waals surface area contributed by atoms with Crippen molar-refractivity contribution in [3.63, 3.8) is 0 Å². The van der Waals surface area contributed by atoms with Gasteiger partial charge in [0.2, 0.25) is 0 Å². The summed E-state index contributed by atoms with van der Waals surface area (Å²) in [5, 5.41) is 3.66. The molecule has 1 saturated heterocycles. The first-order chi connectivity index (χ1) is 8.24. The van der Waals surface area contributed by atoms with Crippen LogP contribution in [0, 0.1) is 17.8 Å². The lowest BCUT2D eigenvalue weighted by molar-refractivity contribution is 0.117. The SMILES string of the molecule is CC1CNC(C)CCN(C(C2CC2)C2CC2)C1. The normalized spacial score (nSPS) is 36.9. The minimum atomic E-state index is 0.708. The molecule has 3 fully saturated rings. The van der Waals surface area contributed by atoms with Crippen molar-refractivity contribution in [1.82, 2.24) is 10.2 Å². The van der Waals surface area contributed by atoms with Crippen molar-refractivity contribution in [2.24, 2.45) is 17.8 Å². The molecule has 0 bridgehead atoms. The van der Waals surface area contributed by atoms with Crippen LogP contribution >= 0.6 is 0 Å². The van der Waals surface area contributed by atoms with Crippen LogP contribution in [0.5, 0.6) is 0 Å². The maximum Gasteiger partial charge on any atom is 0.0152 e. The van der Waals surface area contributed by atoms with E-state index in [-0.39, 0.29) is 0 Å². The van der Waals surface area contributed by atoms with Crippen molar-refractivity contribution < 1.29 is 0 Å². The Morgan fingerprint density at radius 1 is 1.00 bits per heavy atom. The van der Waals surface area contributed by atoms with Gasteiger partial charge in [0.05, 0.1) is 0 Å². The molecule has 1 heterocycles. The Labute approximate surface area is 106 Å². The van der Waals surface area contributed by atoms with E-state index in [4.69, 9.17) is 0 Å². The van der Waals surface area contributed by atoms with Gasteiger partial charge in [0, 0.05) is 18.6 Å². The summed E-state index contributed by atoms with van der Waals surface area (Å²) in [5.41, 5.74) is 0. The third-order valence-electron chi connectivity index (χ3n) is 4.84. The summed E-state index contributed by atoms with van der Waals surface area (Å²) >= 11 is 0. The molecule has 3 aliphatic rings. The summed E-state index contributed by atoms with van der Waals surface area (Å²) in [4.78, 5) is 2.87. The second-order valence-corrected chi connectivity index (χ2v) is 6.86. The van der Waals surface area contributed by atoms with Gasteiger partial charge in [-0.25, -0.2) is 0 Å². The molecule has 0 spiro atoms. The molecule has 0 aromatic heterocycles. The molecule has 2 heteroatoms. The van der Waals surface area contributed by atoms with Crippen LogP contribution in [0.25, 0.3) is 0 Å². The van der Waals surface area contributed by atoms with Crippen molar-refractivity contribution in [3.05, 3.63) is 0 Å². The third kappa shape index (κ3) is 3.03. The Balaban J connectivity index is 1.65. The molecule has 0 radical (unpaired) electrons. The summed E-state index contributed by atoms with van der Waals surface area (Å²) in [7, 11) is 0. The second kappa shape index (κ2) is 4.89. The summed E-state index contributed by atoms with van der Waals surface area (Å²) in [6.45, 7) is 8.63. The van der Waals surface area contributed by atoms with Crippen molar-refractivity contribution in [3.8, 4) is 0 Å². The minimum Gasteiger partial charge on any atom is -0.314 e. The largest absolute Gasteiger partial charge is 0.314 e. The van der Waals surface area contributed by atoms with Crippen molar-refractivity contribution in [1.29, 1.82) is 0 Å². The highest BCUT2D eigenvalue weighted by atomic mass is 15.2. The number of hydrogen-bond donors (Lipinski definition) is 1. The molecule has 98 valence electrons. The Bertz CT molecular complexity index is 246. The molecular weight excluding hydrogens is 208 g/mol. The average molecular weight is 236 g/mol. The lowest BCUT2D eigenvalue weighted by Crippen LogP contribution is -2.48. The van der Waals surface area contributed by atoms with Crippen LogP contribution in [0.1, 0.15) is 46.0 Å². The van der Waals surface area contributed by atoms with E-state index in [0.29, 0.717) is 6.04 Å². The molecule has 1 aliphatic heterocycles. The summed E-state index contributed by atoms with van der Waals surface area (Å²) in [6, 6.07) is 1.67. The maximum absolute atomic E-state index is 3.66. The van der Waals surface area contributed by atoms with Gasteiger partial charge in [-0.3, -0.25) is 4.90 Å². The second-order valence-electron chi connectivity index (χ2n) is 6.86. The maximum atomic E-state index is 3.66. The summed E-state index contributed by atoms with van der Waals surface area (Å²) in [6.07, 6.45) is 7.39. The van der Waals surface area contributed by atoms with Gasteiger partial charge in [0.15, 0.2) is 0 Å². The molecule has 3 rings (SSSR count). The minimum absolute atomic E-state index is 0.708. The predicted octanol–water partition coefficient (Wildman–Crippen LogP) is 2.49. The summed E-state index contributed by atoms with van der Waals surface area (Å²) in [5.74, 6) is 2.95. The van der Waals surface area contributed by atoms with Crippen molar-refractivity contribution >= 4 is 0 Å². The van der Waals surface area contributed by atoms with Crippen LogP contribution < -0.4 is 5.32 Å². The molecule has 0 amide bonds. The van der Waals surface area contributed by atoms with Crippen LogP contribution in [0.4, 0.5) is 0 Å². The van der Waals surface area contributed by atoms with E-state index in [1.165, 1.54) is 51.7 Å². The zero-order valence-corrected chi connectivity index (χ0v) is 11.5. The van der Waals surface area contributed by atoms with E-state index in [9.17, 15) is 0 Å². The molecule has 0 aromatic carbocycles. The fourth-order valence-electron chi connectivity index (χ4n) is 3.55. The first-order valence-electron chi connectivity index (χ1n) is 7.71. The van der Waals surface area contributed by atoms with Gasteiger partial charge >= 0.3 is 0 Å². The van der Waals surface area contributed by atoms with E-state index in [1.54, 1.807) is 0 Å². The smallest absolute Gasteiger partial charge is 0.0152 e. The average Bonchev–Trinajstić information content (AvgIpc) is 3.12. The molecular formula is C15H28N2. The van der Waals surface area contributed by atoms with Gasteiger partial charge in [-0.15, -0.1) is 0 Å². The van der Waals surface area contributed by atoms with Gasteiger partial charge in [0.1, 0.15) is 0 Å². The van der Waals surface area contributed by atoms with Crippen molar-refractivity contribution in [2.75, 3.05) is 19.6 Å². The number of hydrogen-bond acceptors (Lipinski definition) is 2. The first kappa shape index (κ1) is 12.0. The van der Waals surface area contributed by atoms with E-state index in [1.807, 2.05) is 0 Å². The molecule has 2 saturated carbocycles. The molecule has 2 unspecified atom stereocenters. The lowest BCUT2D eigenvalue weighted by atomic mass is 10.00. The molecule has 0 aromatic rings. The monoisotopic (exact) mass is 236 g/mol. The van der Waals surface area contributed by atoms with E-state index >= 15 is 0 Å². The highest BCUT2D eigenvalue weighted by Crippen LogP contribution is 2.47. The van der Waals surface area contributed by atoms with Crippen LogP contribution in [0.2, 0.25) is 0 Å². The fourth-order valence-corrected chi connectivity index (χ4v) is 3.55. The van der Waals surface area contributed by atoms with Crippen LogP contribution in [-0.4, -0.2) is 36.6 Å². The highest BCUT2D eigenvalue weighted by Gasteiger charge is 2.44. The fraction of sp³-hybridized carbons (Fsp3) is 1.00. The number of nitrogens with one attached hydrogen (secondary N) is 1. The van der Waals surface area contributed by atoms with Gasteiger partial charge in [-0.2, -0.15) is 0 Å². The van der Waals surface area contributed by atoms with E-state index in [0.717, 1.165) is 23.8 Å². The Hall–Kier alpha value is -0.0800. The highest BCUT2D eigenvalue weighted by molar-refractivity contribution is 4.98. The molecule has 1 N–H and O–H groups in total. The predicted molar refractivity (Wildman–Crippen MR) is 72.1 cm³/mol. The Kier molecular flexibility index (Phi) is 3.45. The molecule has 17 heavy (non-hydrogen) atoms. The standard InChI is InChI=1S/C15H28N2/c1-11-9-16-12(2)7-8-17(10-11)15(13-3-4-13)14-5-6-14/h11-16H,3-10H2,1-2H3. The van der Waals surface area contributed by atoms with Crippen LogP contribution in [0.15, 0.2) is 0 Å². The molecule has 2 nitrogen and oxygen atoms in total. The number of nitrogens with zero attached hydrogens (tertiary/aromatic N) is 1. The topological polar surface area (TPSA) is 15.3 Å². The molecule has 2 atom stereocenters. The van der Waals surface area contributed by atoms with Gasteiger partial charge in [-0.1, -0.05) is 6.92 Å². The van der Waals surface area contributed by atoms with E-state index < -0.39 is 0 Å². The van der Waals surface area contributed by atoms with Crippen LogP contribution in [-0.2, 0) is 0 Å². The third-order valence-corrected chi connectivity index (χ3v) is 4.84. The first-order valence-corrected chi connectivity index (χ1v) is 7.71. The van der Waals surface area contributed by atoms with Gasteiger partial charge in [-0.05, 0) is 69.9 Å². The van der Waals surface area contributed by atoms with E-state index in [2.05, 4.69) is 24.1 Å². The number of rotatable bonds is 3. The Morgan fingerprint density at radius 3 is 2.24 bits per heavy atom. The lowest BCUT2D eigenvalue weighted by Gasteiger charge is -2.37. The van der Waals surface area contributed by atoms with Crippen LogP contribution in [0.3, 0.4) is 0 Å². The Morgan fingerprint density at radius 2 is 1.65 bits per heavy atom. The van der Waals surface area contributed by atoms with Gasteiger partial charge < -0.3 is 5.32 Å². The zero-order chi connectivity index (χ0) is 11.8. The zero-order valence-electron chi connectivity index (χ0n) is 11.5. The van der Waals surface area contributed by atoms with Crippen molar-refractivity contribution in [2.45, 2.75) is 58.0 Å². The molecule has 2 aliphatic carbocycles. The quantitative estimate of drug-likeness (QED) is 0.810. The van der Waals surface area contributed by atoms with Gasteiger partial charge in [0.25, 0.3) is 0 Å².